The van der Waals surface area contributed by atoms with E-state index in [2.05, 4.69) is 11.6 Å². The molecule has 84 valence electrons. The monoisotopic (exact) mass is 258 g/mol. The number of hydrogen-bond donors (Lipinski definition) is 1. The van der Waals surface area contributed by atoms with E-state index in [4.69, 9.17) is 16.7 Å². The molecule has 0 aliphatic carbocycles. The molecule has 0 amide bonds. The van der Waals surface area contributed by atoms with Gasteiger partial charge in [-0.1, -0.05) is 17.7 Å². The molecule has 1 rings (SSSR count). The maximum absolute atomic E-state index is 12.6. The summed E-state index contributed by atoms with van der Waals surface area (Å²) in [5, 5.41) is 5.26. The molecule has 0 radical (unpaired) electrons. The van der Waals surface area contributed by atoms with Gasteiger partial charge in [-0.2, -0.15) is 8.78 Å². The van der Waals surface area contributed by atoms with E-state index in [9.17, 15) is 13.2 Å². The van der Waals surface area contributed by atoms with E-state index < -0.39 is 23.7 Å². The van der Waals surface area contributed by atoms with Crippen molar-refractivity contribution in [1.82, 2.24) is 0 Å². The van der Waals surface area contributed by atoms with Crippen molar-refractivity contribution in [3.8, 4) is 0 Å². The van der Waals surface area contributed by atoms with Crippen LogP contribution in [0.5, 0.6) is 0 Å². The van der Waals surface area contributed by atoms with Gasteiger partial charge >= 0.3 is 5.38 Å². The SMILES string of the molecule is OC(Cc1ccc(F)cc1Cl)C(F)(F)Cl. The van der Waals surface area contributed by atoms with Gasteiger partial charge in [-0.25, -0.2) is 4.39 Å². The number of alkyl halides is 3. The number of halogens is 5. The third-order valence-corrected chi connectivity index (χ3v) is 2.41. The van der Waals surface area contributed by atoms with Crippen molar-refractivity contribution in [1.29, 1.82) is 0 Å². The molecule has 1 N–H and O–H groups in total. The fourth-order valence-electron chi connectivity index (χ4n) is 1.01. The highest BCUT2D eigenvalue weighted by Gasteiger charge is 2.35. The molecule has 0 fully saturated rings. The van der Waals surface area contributed by atoms with Crippen LogP contribution in [-0.2, 0) is 6.42 Å². The topological polar surface area (TPSA) is 20.2 Å². The summed E-state index contributed by atoms with van der Waals surface area (Å²) in [6.45, 7) is 0. The van der Waals surface area contributed by atoms with Gasteiger partial charge in [0.1, 0.15) is 11.9 Å². The van der Waals surface area contributed by atoms with Crippen molar-refractivity contribution in [2.45, 2.75) is 17.9 Å². The van der Waals surface area contributed by atoms with Gasteiger partial charge in [0, 0.05) is 11.4 Å². The summed E-state index contributed by atoms with van der Waals surface area (Å²) in [4.78, 5) is 0. The molecule has 0 bridgehead atoms. The van der Waals surface area contributed by atoms with Crippen LogP contribution < -0.4 is 0 Å². The van der Waals surface area contributed by atoms with E-state index in [0.29, 0.717) is 0 Å². The van der Waals surface area contributed by atoms with E-state index in [1.807, 2.05) is 0 Å². The molecular formula is C9H7Cl2F3O. The number of benzene rings is 1. The molecule has 1 nitrogen and oxygen atoms in total. The predicted octanol–water partition coefficient (Wildman–Crippen LogP) is 3.21. The van der Waals surface area contributed by atoms with E-state index >= 15 is 0 Å². The summed E-state index contributed by atoms with van der Waals surface area (Å²) in [6.07, 6.45) is -2.49. The lowest BCUT2D eigenvalue weighted by molar-refractivity contribution is -0.0397. The van der Waals surface area contributed by atoms with Gasteiger partial charge in [0.15, 0.2) is 0 Å². The lowest BCUT2D eigenvalue weighted by Gasteiger charge is -2.16. The number of hydrogen-bond acceptors (Lipinski definition) is 1. The Morgan fingerprint density at radius 2 is 2.00 bits per heavy atom. The van der Waals surface area contributed by atoms with Gasteiger partial charge in [0.25, 0.3) is 0 Å². The zero-order valence-corrected chi connectivity index (χ0v) is 8.87. The van der Waals surface area contributed by atoms with Gasteiger partial charge < -0.3 is 5.11 Å². The van der Waals surface area contributed by atoms with Gasteiger partial charge in [0.05, 0.1) is 0 Å². The molecule has 1 atom stereocenters. The van der Waals surface area contributed by atoms with Gasteiger partial charge in [0.2, 0.25) is 0 Å². The summed E-state index contributed by atoms with van der Waals surface area (Å²) < 4.78 is 37.4. The molecule has 0 saturated heterocycles. The summed E-state index contributed by atoms with van der Waals surface area (Å²) in [5.41, 5.74) is 0.214. The predicted molar refractivity (Wildman–Crippen MR) is 51.9 cm³/mol. The van der Waals surface area contributed by atoms with Crippen LogP contribution in [0.15, 0.2) is 18.2 Å². The standard InChI is InChI=1S/C9H7Cl2F3O/c10-7-4-6(12)2-1-5(7)3-8(15)9(11,13)14/h1-2,4,8,15H,3H2. The lowest BCUT2D eigenvalue weighted by Crippen LogP contribution is -2.29. The first-order chi connectivity index (χ1) is 6.80. The second-order valence-corrected chi connectivity index (χ2v) is 3.91. The smallest absolute Gasteiger partial charge is 0.347 e. The molecule has 6 heteroatoms. The molecular weight excluding hydrogens is 252 g/mol. The lowest BCUT2D eigenvalue weighted by atomic mass is 10.1. The molecule has 1 aromatic rings. The first-order valence-corrected chi connectivity index (χ1v) is 4.75. The average Bonchev–Trinajstić information content (AvgIpc) is 2.08. The minimum atomic E-state index is -3.72. The number of aliphatic hydroxyl groups excluding tert-OH is 1. The zero-order chi connectivity index (χ0) is 11.6. The summed E-state index contributed by atoms with van der Waals surface area (Å²) in [7, 11) is 0. The van der Waals surface area contributed by atoms with Crippen LogP contribution in [0.4, 0.5) is 13.2 Å². The van der Waals surface area contributed by atoms with Crippen molar-refractivity contribution >= 4 is 23.2 Å². The van der Waals surface area contributed by atoms with Crippen LogP contribution in [0.25, 0.3) is 0 Å². The molecule has 0 heterocycles. The minimum absolute atomic E-state index is 0.0185. The van der Waals surface area contributed by atoms with Gasteiger partial charge in [-0.15, -0.1) is 0 Å². The largest absolute Gasteiger partial charge is 0.385 e. The van der Waals surface area contributed by atoms with Crippen LogP contribution in [0.2, 0.25) is 5.02 Å². The van der Waals surface area contributed by atoms with Crippen molar-refractivity contribution in [3.63, 3.8) is 0 Å². The quantitative estimate of drug-likeness (QED) is 0.826. The molecule has 15 heavy (non-hydrogen) atoms. The molecule has 0 spiro atoms. The summed E-state index contributed by atoms with van der Waals surface area (Å²) >= 11 is 10.2. The highest BCUT2D eigenvalue weighted by Crippen LogP contribution is 2.28. The first kappa shape index (κ1) is 12.6. The Bertz CT molecular complexity index is 352. The molecule has 0 aliphatic rings. The minimum Gasteiger partial charge on any atom is -0.385 e. The Morgan fingerprint density at radius 1 is 1.40 bits per heavy atom. The average molecular weight is 259 g/mol. The Hall–Kier alpha value is -0.450. The fourth-order valence-corrected chi connectivity index (χ4v) is 1.33. The Morgan fingerprint density at radius 3 is 2.47 bits per heavy atom. The van der Waals surface area contributed by atoms with Crippen LogP contribution in [0.3, 0.4) is 0 Å². The first-order valence-electron chi connectivity index (χ1n) is 3.99. The Kier molecular flexibility index (Phi) is 3.87. The molecule has 1 unspecified atom stereocenters. The molecule has 0 aliphatic heterocycles. The van der Waals surface area contributed by atoms with Gasteiger partial charge in [-0.05, 0) is 29.3 Å². The molecule has 0 aromatic heterocycles. The van der Waals surface area contributed by atoms with Crippen molar-refractivity contribution in [2.24, 2.45) is 0 Å². The van der Waals surface area contributed by atoms with Crippen LogP contribution in [0, 0.1) is 5.82 Å². The summed E-state index contributed by atoms with van der Waals surface area (Å²) in [5.74, 6) is -0.573. The van der Waals surface area contributed by atoms with Crippen LogP contribution >= 0.6 is 23.2 Å². The van der Waals surface area contributed by atoms with Crippen molar-refractivity contribution < 1.29 is 18.3 Å². The number of rotatable bonds is 3. The fraction of sp³-hybridized carbons (Fsp3) is 0.333. The number of aliphatic hydroxyl groups is 1. The molecule has 1 aromatic carbocycles. The van der Waals surface area contributed by atoms with E-state index in [1.165, 1.54) is 6.07 Å². The maximum atomic E-state index is 12.6. The molecule has 0 saturated carbocycles. The second-order valence-electron chi connectivity index (χ2n) is 3.00. The normalized spacial score (nSPS) is 14.0. The van der Waals surface area contributed by atoms with E-state index in [1.54, 1.807) is 0 Å². The Balaban J connectivity index is 2.82. The van der Waals surface area contributed by atoms with Crippen LogP contribution in [-0.4, -0.2) is 16.6 Å². The van der Waals surface area contributed by atoms with Crippen LogP contribution in [0.1, 0.15) is 5.56 Å². The highest BCUT2D eigenvalue weighted by molar-refractivity contribution is 6.31. The van der Waals surface area contributed by atoms with E-state index in [-0.39, 0.29) is 10.6 Å². The highest BCUT2D eigenvalue weighted by atomic mass is 35.5. The third-order valence-electron chi connectivity index (χ3n) is 1.81. The summed E-state index contributed by atoms with van der Waals surface area (Å²) in [6, 6.07) is 3.28. The maximum Gasteiger partial charge on any atom is 0.347 e. The van der Waals surface area contributed by atoms with E-state index in [0.717, 1.165) is 12.1 Å². The zero-order valence-electron chi connectivity index (χ0n) is 7.35. The Labute approximate surface area is 94.4 Å². The van der Waals surface area contributed by atoms with Crippen molar-refractivity contribution in [2.75, 3.05) is 0 Å². The van der Waals surface area contributed by atoms with Gasteiger partial charge in [-0.3, -0.25) is 0 Å². The third kappa shape index (κ3) is 3.55. The van der Waals surface area contributed by atoms with Crippen molar-refractivity contribution in [3.05, 3.63) is 34.6 Å². The second kappa shape index (κ2) is 4.60.